The normalized spacial score (nSPS) is 15.5. The van der Waals surface area contributed by atoms with E-state index in [-0.39, 0.29) is 11.8 Å². The number of aryl methyl sites for hydroxylation is 1. The van der Waals surface area contributed by atoms with Crippen molar-refractivity contribution in [1.29, 1.82) is 0 Å². The molecule has 0 spiro atoms. The molecule has 6 nitrogen and oxygen atoms in total. The van der Waals surface area contributed by atoms with Gasteiger partial charge in [0.05, 0.1) is 19.3 Å². The molecule has 1 heterocycles. The van der Waals surface area contributed by atoms with Crippen LogP contribution in [0, 0.1) is 6.92 Å². The molecule has 0 bridgehead atoms. The number of benzene rings is 1. The third kappa shape index (κ3) is 4.21. The molecule has 0 atom stereocenters. The fraction of sp³-hybridized carbons (Fsp3) is 0.500. The Balaban J connectivity index is 1.89. The van der Waals surface area contributed by atoms with Gasteiger partial charge in [-0.05, 0) is 24.6 Å². The molecule has 0 aromatic heterocycles. The summed E-state index contributed by atoms with van der Waals surface area (Å²) in [6, 6.07) is 5.68. The minimum Gasteiger partial charge on any atom is -0.495 e. The molecule has 1 fully saturated rings. The Morgan fingerprint density at radius 1 is 1.23 bits per heavy atom. The van der Waals surface area contributed by atoms with Crippen LogP contribution >= 0.6 is 0 Å². The molecule has 1 N–H and O–H groups in total. The predicted molar refractivity (Wildman–Crippen MR) is 85.1 cm³/mol. The number of amides is 2. The number of nitrogens with one attached hydrogen (secondary N) is 1. The number of nitrogens with zero attached hydrogens (tertiary/aromatic N) is 2. The van der Waals surface area contributed by atoms with Crippen LogP contribution in [0.3, 0.4) is 0 Å². The molecular weight excluding hydrogens is 282 g/mol. The monoisotopic (exact) mass is 305 g/mol. The van der Waals surface area contributed by atoms with Crippen molar-refractivity contribution in [3.63, 3.8) is 0 Å². The fourth-order valence-electron chi connectivity index (χ4n) is 2.53. The predicted octanol–water partition coefficient (Wildman–Crippen LogP) is 1.11. The highest BCUT2D eigenvalue weighted by Crippen LogP contribution is 2.25. The van der Waals surface area contributed by atoms with Gasteiger partial charge in [-0.1, -0.05) is 6.07 Å². The summed E-state index contributed by atoms with van der Waals surface area (Å²) in [6.45, 7) is 6.66. The van der Waals surface area contributed by atoms with E-state index in [1.807, 2.05) is 25.1 Å². The highest BCUT2D eigenvalue weighted by molar-refractivity contribution is 5.93. The molecule has 2 rings (SSSR count). The van der Waals surface area contributed by atoms with Crippen molar-refractivity contribution in [2.75, 3.05) is 45.2 Å². The van der Waals surface area contributed by atoms with Gasteiger partial charge >= 0.3 is 0 Å². The maximum absolute atomic E-state index is 12.2. The first kappa shape index (κ1) is 16.3. The van der Waals surface area contributed by atoms with Crippen LogP contribution < -0.4 is 10.1 Å². The van der Waals surface area contributed by atoms with Crippen LogP contribution in [0.25, 0.3) is 0 Å². The number of hydrogen-bond donors (Lipinski definition) is 1. The number of ether oxygens (including phenoxy) is 1. The van der Waals surface area contributed by atoms with Gasteiger partial charge < -0.3 is 15.0 Å². The first-order chi connectivity index (χ1) is 10.5. The van der Waals surface area contributed by atoms with E-state index in [1.165, 1.54) is 0 Å². The number of piperazine rings is 1. The van der Waals surface area contributed by atoms with Gasteiger partial charge in [0.2, 0.25) is 11.8 Å². The minimum absolute atomic E-state index is 0.0693. The van der Waals surface area contributed by atoms with E-state index in [4.69, 9.17) is 4.74 Å². The maximum atomic E-state index is 12.2. The summed E-state index contributed by atoms with van der Waals surface area (Å²) < 4.78 is 5.26. The van der Waals surface area contributed by atoms with Crippen LogP contribution in [0.15, 0.2) is 18.2 Å². The third-order valence-corrected chi connectivity index (χ3v) is 3.81. The van der Waals surface area contributed by atoms with Gasteiger partial charge in [0, 0.05) is 33.1 Å². The number of methoxy groups -OCH3 is 1. The fourth-order valence-corrected chi connectivity index (χ4v) is 2.53. The van der Waals surface area contributed by atoms with Crippen LogP contribution in [0.5, 0.6) is 5.75 Å². The van der Waals surface area contributed by atoms with Crippen LogP contribution in [-0.4, -0.2) is 61.4 Å². The highest BCUT2D eigenvalue weighted by atomic mass is 16.5. The lowest BCUT2D eigenvalue weighted by atomic mass is 10.2. The van der Waals surface area contributed by atoms with Crippen molar-refractivity contribution in [3.05, 3.63) is 23.8 Å². The lowest BCUT2D eigenvalue weighted by molar-refractivity contribution is -0.130. The molecule has 0 aliphatic carbocycles. The Morgan fingerprint density at radius 2 is 1.91 bits per heavy atom. The average molecular weight is 305 g/mol. The second-order valence-electron chi connectivity index (χ2n) is 5.53. The Hall–Kier alpha value is -2.08. The number of rotatable bonds is 4. The molecule has 120 valence electrons. The lowest BCUT2D eigenvalue weighted by Gasteiger charge is -2.33. The molecule has 0 radical (unpaired) electrons. The van der Waals surface area contributed by atoms with Gasteiger partial charge in [-0.3, -0.25) is 14.5 Å². The first-order valence-electron chi connectivity index (χ1n) is 7.42. The van der Waals surface area contributed by atoms with Crippen molar-refractivity contribution < 1.29 is 14.3 Å². The topological polar surface area (TPSA) is 61.9 Å². The second-order valence-corrected chi connectivity index (χ2v) is 5.53. The van der Waals surface area contributed by atoms with Crippen LogP contribution in [0.1, 0.15) is 12.5 Å². The Bertz CT molecular complexity index is 552. The molecule has 0 unspecified atom stereocenters. The zero-order valence-electron chi connectivity index (χ0n) is 13.4. The van der Waals surface area contributed by atoms with Crippen molar-refractivity contribution in [2.24, 2.45) is 0 Å². The van der Waals surface area contributed by atoms with Crippen molar-refractivity contribution in [1.82, 2.24) is 9.80 Å². The zero-order chi connectivity index (χ0) is 16.1. The van der Waals surface area contributed by atoms with E-state index in [9.17, 15) is 9.59 Å². The van der Waals surface area contributed by atoms with Gasteiger partial charge in [-0.15, -0.1) is 0 Å². The summed E-state index contributed by atoms with van der Waals surface area (Å²) >= 11 is 0. The molecule has 1 aliphatic rings. The number of hydrogen-bond acceptors (Lipinski definition) is 4. The van der Waals surface area contributed by atoms with Crippen molar-refractivity contribution >= 4 is 17.5 Å². The smallest absolute Gasteiger partial charge is 0.238 e. The summed E-state index contributed by atoms with van der Waals surface area (Å²) in [6.07, 6.45) is 0. The van der Waals surface area contributed by atoms with Crippen LogP contribution in [0.2, 0.25) is 0 Å². The van der Waals surface area contributed by atoms with Gasteiger partial charge in [0.1, 0.15) is 5.75 Å². The van der Waals surface area contributed by atoms with Crippen LogP contribution in [0.4, 0.5) is 5.69 Å². The molecule has 1 aromatic rings. The van der Waals surface area contributed by atoms with Gasteiger partial charge in [-0.25, -0.2) is 0 Å². The molecule has 22 heavy (non-hydrogen) atoms. The molecule has 0 saturated carbocycles. The minimum atomic E-state index is -0.0693. The van der Waals surface area contributed by atoms with Crippen LogP contribution in [-0.2, 0) is 9.59 Å². The second kappa shape index (κ2) is 7.26. The lowest BCUT2D eigenvalue weighted by Crippen LogP contribution is -2.49. The summed E-state index contributed by atoms with van der Waals surface area (Å²) in [5.41, 5.74) is 1.75. The molecule has 2 amide bonds. The Labute approximate surface area is 131 Å². The van der Waals surface area contributed by atoms with E-state index >= 15 is 0 Å². The molecule has 1 aliphatic heterocycles. The van der Waals surface area contributed by atoms with E-state index in [1.54, 1.807) is 18.9 Å². The molecule has 6 heteroatoms. The third-order valence-electron chi connectivity index (χ3n) is 3.81. The summed E-state index contributed by atoms with van der Waals surface area (Å²) in [7, 11) is 1.58. The summed E-state index contributed by atoms with van der Waals surface area (Å²) in [4.78, 5) is 27.3. The Morgan fingerprint density at radius 3 is 2.50 bits per heavy atom. The number of carbonyl (C=O) groups is 2. The SMILES string of the molecule is COc1ccc(C)cc1NC(=O)CN1CCN(C(C)=O)CC1. The van der Waals surface area contributed by atoms with Crippen molar-refractivity contribution in [2.45, 2.75) is 13.8 Å². The zero-order valence-corrected chi connectivity index (χ0v) is 13.4. The molecule has 1 saturated heterocycles. The quantitative estimate of drug-likeness (QED) is 0.905. The summed E-state index contributed by atoms with van der Waals surface area (Å²) in [5.74, 6) is 0.675. The maximum Gasteiger partial charge on any atom is 0.238 e. The Kier molecular flexibility index (Phi) is 5.38. The van der Waals surface area contributed by atoms with E-state index in [0.717, 1.165) is 18.7 Å². The van der Waals surface area contributed by atoms with Crippen molar-refractivity contribution in [3.8, 4) is 5.75 Å². The first-order valence-corrected chi connectivity index (χ1v) is 7.42. The van der Waals surface area contributed by atoms with Gasteiger partial charge in [0.25, 0.3) is 0 Å². The number of carbonyl (C=O) groups excluding carboxylic acids is 2. The number of anilines is 1. The van der Waals surface area contributed by atoms with E-state index in [2.05, 4.69) is 10.2 Å². The van der Waals surface area contributed by atoms with E-state index in [0.29, 0.717) is 31.1 Å². The average Bonchev–Trinajstić information content (AvgIpc) is 2.48. The largest absolute Gasteiger partial charge is 0.495 e. The highest BCUT2D eigenvalue weighted by Gasteiger charge is 2.20. The van der Waals surface area contributed by atoms with Gasteiger partial charge in [0.15, 0.2) is 0 Å². The standard InChI is InChI=1S/C16H23N3O3/c1-12-4-5-15(22-3)14(10-12)17-16(21)11-18-6-8-19(9-7-18)13(2)20/h4-5,10H,6-9,11H2,1-3H3,(H,17,21). The van der Waals surface area contributed by atoms with E-state index < -0.39 is 0 Å². The molecular formula is C16H23N3O3. The van der Waals surface area contributed by atoms with Gasteiger partial charge in [-0.2, -0.15) is 0 Å². The summed E-state index contributed by atoms with van der Waals surface area (Å²) in [5, 5.41) is 2.90. The molecule has 1 aromatic carbocycles.